The van der Waals surface area contributed by atoms with E-state index in [1.165, 1.54) is 4.90 Å². The van der Waals surface area contributed by atoms with Crippen molar-refractivity contribution in [2.75, 3.05) is 36.4 Å². The van der Waals surface area contributed by atoms with Crippen LogP contribution in [0.3, 0.4) is 0 Å². The van der Waals surface area contributed by atoms with Gasteiger partial charge in [0.2, 0.25) is 12.4 Å². The van der Waals surface area contributed by atoms with E-state index in [4.69, 9.17) is 0 Å². The Labute approximate surface area is 180 Å². The summed E-state index contributed by atoms with van der Waals surface area (Å²) >= 11 is 0. The number of aromatic nitrogens is 3. The number of carbonyl (C=O) groups is 1. The molecular formula is C20H21F5N6O. The lowest BCUT2D eigenvalue weighted by Gasteiger charge is -2.29. The lowest BCUT2D eigenvalue weighted by Crippen LogP contribution is -2.32. The lowest BCUT2D eigenvalue weighted by molar-refractivity contribution is -0.137. The number of rotatable bonds is 5. The molecule has 0 atom stereocenters. The highest BCUT2D eigenvalue weighted by Crippen LogP contribution is 2.34. The summed E-state index contributed by atoms with van der Waals surface area (Å²) < 4.78 is 66.6. The molecule has 7 nitrogen and oxygen atoms in total. The van der Waals surface area contributed by atoms with Crippen molar-refractivity contribution in [3.63, 3.8) is 0 Å². The van der Waals surface area contributed by atoms with Crippen molar-refractivity contribution in [1.82, 2.24) is 19.9 Å². The van der Waals surface area contributed by atoms with Crippen LogP contribution in [0.1, 0.15) is 36.4 Å². The number of piperidine rings is 1. The topological polar surface area (TPSA) is 74.2 Å². The number of hydrogen-bond acceptors (Lipinski definition) is 6. The van der Waals surface area contributed by atoms with E-state index in [1.807, 2.05) is 0 Å². The summed E-state index contributed by atoms with van der Waals surface area (Å²) in [5.74, 6) is -2.70. The number of hydrogen-bond donors (Lipinski definition) is 1. The smallest absolute Gasteiger partial charge is 0.345 e. The third kappa shape index (κ3) is 5.05. The Hall–Kier alpha value is -3.05. The van der Waals surface area contributed by atoms with Gasteiger partial charge in [0, 0.05) is 44.2 Å². The maximum atomic E-state index is 13.8. The van der Waals surface area contributed by atoms with Crippen molar-refractivity contribution in [1.29, 1.82) is 0 Å². The van der Waals surface area contributed by atoms with Gasteiger partial charge in [-0.3, -0.25) is 4.79 Å². The molecule has 0 saturated carbocycles. The van der Waals surface area contributed by atoms with Crippen LogP contribution >= 0.6 is 0 Å². The predicted octanol–water partition coefficient (Wildman–Crippen LogP) is 3.82. The standard InChI is InChI=1S/C20H21F5N6O/c21-19(22)4-8-31(11-19)18-27-15(13-2-6-30(12-32)7-3-13)10-17(29-18)28-16-9-14(1-5-26-16)20(23,24)25/h1,5,9-10,12-13H,2-4,6-8,11H2,(H,26,27,28,29). The molecule has 0 aliphatic carbocycles. The number of halogens is 5. The first kappa shape index (κ1) is 22.2. The molecule has 2 aliphatic rings. The number of amides is 1. The Morgan fingerprint density at radius 1 is 1.09 bits per heavy atom. The number of anilines is 3. The Bertz CT molecular complexity index is 977. The van der Waals surface area contributed by atoms with Gasteiger partial charge in [0.1, 0.15) is 11.6 Å². The fraction of sp³-hybridized carbons (Fsp3) is 0.500. The molecule has 12 heteroatoms. The Morgan fingerprint density at radius 3 is 2.47 bits per heavy atom. The van der Waals surface area contributed by atoms with E-state index in [0.717, 1.165) is 24.7 Å². The summed E-state index contributed by atoms with van der Waals surface area (Å²) in [6.45, 7) is 0.614. The number of alkyl halides is 5. The minimum atomic E-state index is -4.53. The third-order valence-corrected chi connectivity index (χ3v) is 5.63. The maximum Gasteiger partial charge on any atom is 0.416 e. The molecule has 2 aromatic rings. The van der Waals surface area contributed by atoms with Crippen molar-refractivity contribution in [3.8, 4) is 0 Å². The second kappa shape index (κ2) is 8.47. The van der Waals surface area contributed by atoms with E-state index in [2.05, 4.69) is 20.3 Å². The van der Waals surface area contributed by atoms with Crippen molar-refractivity contribution in [2.45, 2.75) is 37.3 Å². The monoisotopic (exact) mass is 456 g/mol. The minimum Gasteiger partial charge on any atom is -0.345 e. The lowest BCUT2D eigenvalue weighted by atomic mass is 9.93. The van der Waals surface area contributed by atoms with Crippen LogP contribution in [0.25, 0.3) is 0 Å². The normalized spacial score (nSPS) is 19.3. The molecule has 4 heterocycles. The maximum absolute atomic E-state index is 13.8. The highest BCUT2D eigenvalue weighted by molar-refractivity contribution is 5.56. The number of nitrogens with one attached hydrogen (secondary N) is 1. The van der Waals surface area contributed by atoms with Gasteiger partial charge in [0.05, 0.1) is 17.8 Å². The first-order valence-corrected chi connectivity index (χ1v) is 10.1. The van der Waals surface area contributed by atoms with E-state index >= 15 is 0 Å². The van der Waals surface area contributed by atoms with E-state index in [-0.39, 0.29) is 36.5 Å². The molecule has 0 aromatic carbocycles. The van der Waals surface area contributed by atoms with E-state index < -0.39 is 24.2 Å². The minimum absolute atomic E-state index is 0.0360. The van der Waals surface area contributed by atoms with Crippen molar-refractivity contribution >= 4 is 24.0 Å². The van der Waals surface area contributed by atoms with E-state index in [9.17, 15) is 26.7 Å². The van der Waals surface area contributed by atoms with Gasteiger partial charge in [0.25, 0.3) is 5.92 Å². The average molecular weight is 456 g/mol. The molecule has 0 unspecified atom stereocenters. The van der Waals surface area contributed by atoms with E-state index in [1.54, 1.807) is 11.0 Å². The van der Waals surface area contributed by atoms with Gasteiger partial charge in [-0.05, 0) is 25.0 Å². The second-order valence-electron chi connectivity index (χ2n) is 7.97. The van der Waals surface area contributed by atoms with Gasteiger partial charge in [-0.15, -0.1) is 0 Å². The second-order valence-corrected chi connectivity index (χ2v) is 7.97. The summed E-state index contributed by atoms with van der Waals surface area (Å²) in [5.41, 5.74) is -0.282. The fourth-order valence-electron chi connectivity index (χ4n) is 3.88. The number of nitrogens with zero attached hydrogens (tertiary/aromatic N) is 5. The molecule has 0 bridgehead atoms. The predicted molar refractivity (Wildman–Crippen MR) is 106 cm³/mol. The first-order valence-electron chi connectivity index (χ1n) is 10.1. The molecule has 2 fully saturated rings. The van der Waals surface area contributed by atoms with Crippen LogP contribution in [-0.2, 0) is 11.0 Å². The molecular weight excluding hydrogens is 435 g/mol. The molecule has 1 N–H and O–H groups in total. The van der Waals surface area contributed by atoms with Crippen LogP contribution in [0.5, 0.6) is 0 Å². The van der Waals surface area contributed by atoms with Crippen molar-refractivity contribution < 1.29 is 26.7 Å². The summed E-state index contributed by atoms with van der Waals surface area (Å²) in [7, 11) is 0. The molecule has 2 saturated heterocycles. The van der Waals surface area contributed by atoms with Gasteiger partial charge in [-0.1, -0.05) is 0 Å². The molecule has 172 valence electrons. The molecule has 32 heavy (non-hydrogen) atoms. The molecule has 1 amide bonds. The Balaban J connectivity index is 1.64. The third-order valence-electron chi connectivity index (χ3n) is 5.63. The highest BCUT2D eigenvalue weighted by atomic mass is 19.4. The summed E-state index contributed by atoms with van der Waals surface area (Å²) in [5, 5.41) is 2.76. The van der Waals surface area contributed by atoms with Crippen LogP contribution in [0.15, 0.2) is 24.4 Å². The molecule has 0 spiro atoms. The van der Waals surface area contributed by atoms with Gasteiger partial charge in [-0.2, -0.15) is 18.2 Å². The van der Waals surface area contributed by atoms with Gasteiger partial charge in [0.15, 0.2) is 0 Å². The summed E-state index contributed by atoms with van der Waals surface area (Å²) in [6.07, 6.45) is -1.78. The zero-order valence-electron chi connectivity index (χ0n) is 16.9. The van der Waals surface area contributed by atoms with Gasteiger partial charge < -0.3 is 15.1 Å². The van der Waals surface area contributed by atoms with Crippen molar-refractivity contribution in [2.24, 2.45) is 0 Å². The largest absolute Gasteiger partial charge is 0.416 e. The van der Waals surface area contributed by atoms with Crippen molar-refractivity contribution in [3.05, 3.63) is 35.7 Å². The fourth-order valence-corrected chi connectivity index (χ4v) is 3.88. The quantitative estimate of drug-likeness (QED) is 0.545. The van der Waals surface area contributed by atoms with Crippen LogP contribution in [-0.4, -0.2) is 58.4 Å². The zero-order chi connectivity index (χ0) is 22.9. The Kier molecular flexibility index (Phi) is 5.87. The highest BCUT2D eigenvalue weighted by Gasteiger charge is 2.39. The van der Waals surface area contributed by atoms with Gasteiger partial charge in [-0.25, -0.2) is 18.7 Å². The average Bonchev–Trinajstić information content (AvgIpc) is 3.13. The Morgan fingerprint density at radius 2 is 1.84 bits per heavy atom. The van der Waals surface area contributed by atoms with Gasteiger partial charge >= 0.3 is 6.18 Å². The number of likely N-dealkylation sites (tertiary alicyclic amines) is 1. The summed E-state index contributed by atoms with van der Waals surface area (Å²) in [4.78, 5) is 26.7. The molecule has 0 radical (unpaired) electrons. The molecule has 4 rings (SSSR count). The zero-order valence-corrected chi connectivity index (χ0v) is 16.9. The van der Waals surface area contributed by atoms with Crippen LogP contribution in [0.4, 0.5) is 39.5 Å². The van der Waals surface area contributed by atoms with E-state index in [0.29, 0.717) is 31.6 Å². The molecule has 2 aromatic heterocycles. The van der Waals surface area contributed by atoms with Crippen LogP contribution < -0.4 is 10.2 Å². The first-order chi connectivity index (χ1) is 15.1. The summed E-state index contributed by atoms with van der Waals surface area (Å²) in [6, 6.07) is 3.31. The number of carbonyl (C=O) groups excluding carboxylic acids is 1. The van der Waals surface area contributed by atoms with Crippen LogP contribution in [0.2, 0.25) is 0 Å². The number of pyridine rings is 1. The van der Waals surface area contributed by atoms with Crippen LogP contribution in [0, 0.1) is 0 Å². The SMILES string of the molecule is O=CN1CCC(c2cc(Nc3cc(C(F)(F)F)ccn3)nc(N3CCC(F)(F)C3)n2)CC1. The molecule has 2 aliphatic heterocycles.